The van der Waals surface area contributed by atoms with Gasteiger partial charge in [-0.15, -0.1) is 0 Å². The van der Waals surface area contributed by atoms with E-state index in [1.807, 2.05) is 0 Å². The lowest BCUT2D eigenvalue weighted by Crippen LogP contribution is -2.44. The monoisotopic (exact) mass is 349 g/mol. The number of H-pyrrole nitrogens is 1. The number of hydrogen-bond acceptors (Lipinski definition) is 8. The van der Waals surface area contributed by atoms with Gasteiger partial charge in [-0.3, -0.25) is 4.52 Å². The van der Waals surface area contributed by atoms with Crippen molar-refractivity contribution in [2.24, 2.45) is 10.7 Å². The lowest BCUT2D eigenvalue weighted by Gasteiger charge is -2.15. The van der Waals surface area contributed by atoms with Crippen molar-refractivity contribution in [3.63, 3.8) is 0 Å². The van der Waals surface area contributed by atoms with Gasteiger partial charge in [0, 0.05) is 6.42 Å². The number of phosphoric ester groups is 1. The molecular formula is C10H16N5O7P. The molecule has 0 aromatic carbocycles. The summed E-state index contributed by atoms with van der Waals surface area (Å²) in [6.45, 7) is -0.313. The van der Waals surface area contributed by atoms with Crippen molar-refractivity contribution in [3.8, 4) is 0 Å². The molecule has 2 aliphatic rings. The molecule has 0 amide bonds. The van der Waals surface area contributed by atoms with Gasteiger partial charge >= 0.3 is 13.5 Å². The lowest BCUT2D eigenvalue weighted by atomic mass is 10.2. The van der Waals surface area contributed by atoms with E-state index < -0.39 is 38.6 Å². The number of fused-ring (bicyclic) bond motifs is 1. The van der Waals surface area contributed by atoms with Gasteiger partial charge in [0.2, 0.25) is 0 Å². The lowest BCUT2D eigenvalue weighted by molar-refractivity contribution is -0.0457. The van der Waals surface area contributed by atoms with Crippen LogP contribution in [-0.4, -0.2) is 49.9 Å². The normalized spacial score (nSPS) is 27.4. The number of aromatic amines is 1. The molecule has 12 nitrogen and oxygen atoms in total. The Morgan fingerprint density at radius 3 is 2.96 bits per heavy atom. The van der Waals surface area contributed by atoms with Crippen LogP contribution in [0, 0.1) is 0 Å². The minimum Gasteiger partial charge on any atom is -0.390 e. The van der Waals surface area contributed by atoms with E-state index in [1.54, 1.807) is 0 Å². The Morgan fingerprint density at radius 2 is 2.26 bits per heavy atom. The molecule has 2 aliphatic heterocycles. The first kappa shape index (κ1) is 16.2. The van der Waals surface area contributed by atoms with Crippen LogP contribution in [-0.2, 0) is 13.8 Å². The molecule has 7 N–H and O–H groups in total. The van der Waals surface area contributed by atoms with Gasteiger partial charge < -0.3 is 35.7 Å². The van der Waals surface area contributed by atoms with E-state index in [2.05, 4.69) is 19.8 Å². The number of imidazole rings is 1. The van der Waals surface area contributed by atoms with Crippen LogP contribution >= 0.6 is 7.82 Å². The van der Waals surface area contributed by atoms with E-state index in [4.69, 9.17) is 20.3 Å². The number of aliphatic hydroxyl groups is 1. The number of rotatable bonds is 4. The third kappa shape index (κ3) is 3.17. The van der Waals surface area contributed by atoms with Crippen LogP contribution in [0.25, 0.3) is 5.82 Å². The number of ether oxygens (including phenoxy) is 1. The molecule has 1 fully saturated rings. The maximum Gasteiger partial charge on any atom is 0.469 e. The van der Waals surface area contributed by atoms with Crippen LogP contribution in [0.15, 0.2) is 9.79 Å². The SMILES string of the molecule is NC1=c2[nH]c(=O)n([C@H]3C[C@H](O)[C@@H](COP(=O)(O)O)O3)c2=NCN1. The second kappa shape index (κ2) is 5.74. The zero-order valence-electron chi connectivity index (χ0n) is 11.7. The summed E-state index contributed by atoms with van der Waals surface area (Å²) in [5.41, 5.74) is 5.52. The Balaban J connectivity index is 1.87. The zero-order valence-corrected chi connectivity index (χ0v) is 12.6. The van der Waals surface area contributed by atoms with Crippen LogP contribution in [0.5, 0.6) is 0 Å². The fraction of sp³-hybridized carbons (Fsp3) is 0.600. The predicted molar refractivity (Wildman–Crippen MR) is 74.0 cm³/mol. The summed E-state index contributed by atoms with van der Waals surface area (Å²) in [6, 6.07) is 0. The average Bonchev–Trinajstić information content (AvgIpc) is 2.96. The molecule has 0 spiro atoms. The van der Waals surface area contributed by atoms with Crippen LogP contribution in [0.3, 0.4) is 0 Å². The molecule has 3 rings (SSSR count). The van der Waals surface area contributed by atoms with E-state index in [-0.39, 0.29) is 18.9 Å². The van der Waals surface area contributed by atoms with Crippen molar-refractivity contribution < 1.29 is 28.7 Å². The summed E-state index contributed by atoms with van der Waals surface area (Å²) in [6.07, 6.45) is -2.83. The zero-order chi connectivity index (χ0) is 16.8. The Kier molecular flexibility index (Phi) is 4.04. The van der Waals surface area contributed by atoms with Crippen LogP contribution in [0.2, 0.25) is 0 Å². The van der Waals surface area contributed by atoms with Gasteiger partial charge in [0.05, 0.1) is 12.7 Å². The molecule has 1 aromatic rings. The fourth-order valence-corrected chi connectivity index (χ4v) is 2.87. The summed E-state index contributed by atoms with van der Waals surface area (Å²) in [4.78, 5) is 36.2. The molecule has 0 bridgehead atoms. The highest BCUT2D eigenvalue weighted by molar-refractivity contribution is 7.46. The standard InChI is InChI=1S/C10H16N5O7P/c11-8-7-9(13-3-12-8)15(10(17)14-7)6-1-4(16)5(22-6)2-21-23(18,19)20/h4-6,12,16H,1-3,11H2,(H,14,17)(H2,18,19,20)/t4-,5+,6+/m0/s1. The molecule has 0 unspecified atom stereocenters. The first-order chi connectivity index (χ1) is 10.8. The largest absolute Gasteiger partial charge is 0.469 e. The van der Waals surface area contributed by atoms with E-state index in [9.17, 15) is 14.5 Å². The average molecular weight is 349 g/mol. The number of phosphoric acid groups is 1. The van der Waals surface area contributed by atoms with Gasteiger partial charge in [-0.2, -0.15) is 0 Å². The van der Waals surface area contributed by atoms with E-state index in [0.717, 1.165) is 0 Å². The third-order valence-electron chi connectivity index (χ3n) is 3.57. The predicted octanol–water partition coefficient (Wildman–Crippen LogP) is -3.86. The Bertz CT molecular complexity index is 826. The first-order valence-electron chi connectivity index (χ1n) is 6.68. The summed E-state index contributed by atoms with van der Waals surface area (Å²) in [5, 5.41) is 13.0. The van der Waals surface area contributed by atoms with Crippen molar-refractivity contribution in [3.05, 3.63) is 21.3 Å². The molecule has 1 aromatic heterocycles. The summed E-state index contributed by atoms with van der Waals surface area (Å²) in [7, 11) is -4.67. The van der Waals surface area contributed by atoms with Crippen LogP contribution in [0.4, 0.5) is 0 Å². The number of aliphatic hydroxyl groups excluding tert-OH is 1. The van der Waals surface area contributed by atoms with Crippen molar-refractivity contribution in [1.29, 1.82) is 0 Å². The van der Waals surface area contributed by atoms with E-state index in [0.29, 0.717) is 10.8 Å². The number of nitrogens with two attached hydrogens (primary N) is 1. The second-order valence-electron chi connectivity index (χ2n) is 5.12. The first-order valence-corrected chi connectivity index (χ1v) is 8.21. The summed E-state index contributed by atoms with van der Waals surface area (Å²) < 4.78 is 21.8. The maximum atomic E-state index is 12.1. The van der Waals surface area contributed by atoms with Crippen LogP contribution in [0.1, 0.15) is 12.6 Å². The quantitative estimate of drug-likeness (QED) is 0.296. The smallest absolute Gasteiger partial charge is 0.390 e. The Labute approximate surface area is 128 Å². The fourth-order valence-electron chi connectivity index (χ4n) is 2.53. The van der Waals surface area contributed by atoms with Crippen LogP contribution < -0.4 is 27.6 Å². The van der Waals surface area contributed by atoms with Gasteiger partial charge in [0.25, 0.3) is 0 Å². The number of aromatic nitrogens is 2. The van der Waals surface area contributed by atoms with Crippen molar-refractivity contribution in [2.75, 3.05) is 13.3 Å². The number of nitrogens with one attached hydrogen (secondary N) is 2. The molecule has 1 saturated heterocycles. The van der Waals surface area contributed by atoms with E-state index >= 15 is 0 Å². The van der Waals surface area contributed by atoms with Crippen molar-refractivity contribution >= 4 is 13.6 Å². The number of nitrogens with zero attached hydrogens (tertiary/aromatic N) is 2. The van der Waals surface area contributed by atoms with Crippen molar-refractivity contribution in [1.82, 2.24) is 14.9 Å². The molecular weight excluding hydrogens is 333 g/mol. The van der Waals surface area contributed by atoms with Gasteiger partial charge in [-0.05, 0) is 0 Å². The molecule has 0 radical (unpaired) electrons. The van der Waals surface area contributed by atoms with Gasteiger partial charge in [-0.1, -0.05) is 0 Å². The third-order valence-corrected chi connectivity index (χ3v) is 4.05. The van der Waals surface area contributed by atoms with E-state index in [1.165, 1.54) is 4.57 Å². The highest BCUT2D eigenvalue weighted by Gasteiger charge is 2.38. The molecule has 3 heterocycles. The molecule has 3 atom stereocenters. The molecule has 13 heteroatoms. The van der Waals surface area contributed by atoms with Crippen molar-refractivity contribution in [2.45, 2.75) is 24.9 Å². The highest BCUT2D eigenvalue weighted by atomic mass is 31.2. The second-order valence-corrected chi connectivity index (χ2v) is 6.36. The topological polar surface area (TPSA) is 184 Å². The molecule has 0 aliphatic carbocycles. The summed E-state index contributed by atoms with van der Waals surface area (Å²) >= 11 is 0. The minimum atomic E-state index is -4.67. The molecule has 23 heavy (non-hydrogen) atoms. The maximum absolute atomic E-state index is 12.1. The Hall–Kier alpha value is -1.69. The van der Waals surface area contributed by atoms with Gasteiger partial charge in [-0.25, -0.2) is 18.9 Å². The Morgan fingerprint density at radius 1 is 1.52 bits per heavy atom. The molecule has 128 valence electrons. The van der Waals surface area contributed by atoms with Gasteiger partial charge in [0.15, 0.2) is 5.49 Å². The summed E-state index contributed by atoms with van der Waals surface area (Å²) in [5.74, 6) is 0.269. The number of hydrogen-bond donors (Lipinski definition) is 6. The van der Waals surface area contributed by atoms with Gasteiger partial charge in [0.1, 0.15) is 30.2 Å². The molecule has 0 saturated carbocycles. The minimum absolute atomic E-state index is 0.0439. The highest BCUT2D eigenvalue weighted by Crippen LogP contribution is 2.37.